The number of nitro benzene ring substituents is 1. The largest absolute Gasteiger partial charge is 0.455 e. The smallest absolute Gasteiger partial charge is 0.338 e. The van der Waals surface area contributed by atoms with Crippen molar-refractivity contribution in [1.29, 1.82) is 0 Å². The third-order valence-electron chi connectivity index (χ3n) is 4.39. The summed E-state index contributed by atoms with van der Waals surface area (Å²) in [5, 5.41) is 13.4. The lowest BCUT2D eigenvalue weighted by molar-refractivity contribution is -0.384. The van der Waals surface area contributed by atoms with Gasteiger partial charge in [0.25, 0.3) is 5.69 Å². The molecule has 0 N–H and O–H groups in total. The predicted molar refractivity (Wildman–Crippen MR) is 105 cm³/mol. The van der Waals surface area contributed by atoms with Crippen LogP contribution in [0.2, 0.25) is 0 Å². The van der Waals surface area contributed by atoms with Gasteiger partial charge in [-0.1, -0.05) is 6.07 Å². The van der Waals surface area contributed by atoms with E-state index in [4.69, 9.17) is 13.9 Å². The number of nitro groups is 1. The number of carbonyl (C=O) groups is 1. The lowest BCUT2D eigenvalue weighted by Gasteiger charge is -2.28. The molecule has 0 atom stereocenters. The molecule has 0 amide bonds. The first kappa shape index (κ1) is 19.1. The van der Waals surface area contributed by atoms with Crippen LogP contribution in [0.3, 0.4) is 0 Å². The number of nitrogens with zero attached hydrogens (tertiary/aromatic N) is 3. The van der Waals surface area contributed by atoms with Crippen molar-refractivity contribution in [2.75, 3.05) is 31.2 Å². The molecule has 0 saturated carbocycles. The molecular weight excluding hydrogens is 398 g/mol. The van der Waals surface area contributed by atoms with Crippen molar-refractivity contribution in [3.63, 3.8) is 0 Å². The molecule has 4 rings (SSSR count). The van der Waals surface area contributed by atoms with Gasteiger partial charge in [0.2, 0.25) is 5.89 Å². The third-order valence-corrected chi connectivity index (χ3v) is 5.25. The molecule has 9 nitrogen and oxygen atoms in total. The summed E-state index contributed by atoms with van der Waals surface area (Å²) < 4.78 is 15.9. The minimum absolute atomic E-state index is 0.0906. The molecule has 1 aromatic carbocycles. The third kappa shape index (κ3) is 4.28. The molecule has 0 spiro atoms. The summed E-state index contributed by atoms with van der Waals surface area (Å²) in [6.07, 6.45) is 1.42. The number of aromatic nitrogens is 1. The second-order valence-electron chi connectivity index (χ2n) is 6.26. The molecule has 0 radical (unpaired) electrons. The Hall–Kier alpha value is -3.24. The number of morpholine rings is 1. The highest BCUT2D eigenvalue weighted by molar-refractivity contribution is 7.13. The van der Waals surface area contributed by atoms with Crippen molar-refractivity contribution in [3.8, 4) is 10.8 Å². The average molecular weight is 415 g/mol. The van der Waals surface area contributed by atoms with E-state index in [1.54, 1.807) is 6.07 Å². The van der Waals surface area contributed by atoms with E-state index in [-0.39, 0.29) is 17.9 Å². The Kier molecular flexibility index (Phi) is 5.54. The first-order valence-corrected chi connectivity index (χ1v) is 9.76. The fourth-order valence-electron chi connectivity index (χ4n) is 2.98. The van der Waals surface area contributed by atoms with Crippen LogP contribution < -0.4 is 4.90 Å². The Morgan fingerprint density at radius 3 is 2.86 bits per heavy atom. The standard InChI is InChI=1S/C19H17N3O6S/c23-19(28-12-14-11-27-18(20-14)17-2-1-9-29-17)13-3-4-15(16(10-13)22(24)25)21-5-7-26-8-6-21/h1-4,9-11H,5-8,12H2. The van der Waals surface area contributed by atoms with E-state index in [9.17, 15) is 14.9 Å². The Morgan fingerprint density at radius 1 is 1.31 bits per heavy atom. The van der Waals surface area contributed by atoms with Gasteiger partial charge < -0.3 is 18.8 Å². The van der Waals surface area contributed by atoms with E-state index in [0.717, 1.165) is 4.88 Å². The summed E-state index contributed by atoms with van der Waals surface area (Å²) >= 11 is 1.49. The molecule has 10 heteroatoms. The first-order chi connectivity index (χ1) is 14.1. The maximum absolute atomic E-state index is 12.4. The molecule has 0 unspecified atom stereocenters. The van der Waals surface area contributed by atoms with Crippen molar-refractivity contribution in [1.82, 2.24) is 4.98 Å². The number of rotatable bonds is 6. The number of esters is 1. The SMILES string of the molecule is O=C(OCc1coc(-c2cccs2)n1)c1ccc(N2CCOCC2)c([N+](=O)[O-])c1. The van der Waals surface area contributed by atoms with E-state index in [0.29, 0.717) is 43.6 Å². The number of carbonyl (C=O) groups excluding carboxylic acids is 1. The average Bonchev–Trinajstić information content (AvgIpc) is 3.44. The van der Waals surface area contributed by atoms with E-state index in [2.05, 4.69) is 4.98 Å². The summed E-state index contributed by atoms with van der Waals surface area (Å²) in [7, 11) is 0. The highest BCUT2D eigenvalue weighted by Gasteiger charge is 2.24. The van der Waals surface area contributed by atoms with Crippen LogP contribution in [-0.4, -0.2) is 42.2 Å². The van der Waals surface area contributed by atoms with Crippen molar-refractivity contribution in [2.24, 2.45) is 0 Å². The van der Waals surface area contributed by atoms with Gasteiger partial charge in [-0.2, -0.15) is 0 Å². The van der Waals surface area contributed by atoms with Crippen LogP contribution in [0.25, 0.3) is 10.8 Å². The van der Waals surface area contributed by atoms with E-state index >= 15 is 0 Å². The molecule has 1 aliphatic rings. The minimum atomic E-state index is -0.665. The molecule has 1 saturated heterocycles. The lowest BCUT2D eigenvalue weighted by Crippen LogP contribution is -2.36. The second kappa shape index (κ2) is 8.41. The molecule has 1 fully saturated rings. The number of thiophene rings is 1. The first-order valence-electron chi connectivity index (χ1n) is 8.88. The zero-order valence-electron chi connectivity index (χ0n) is 15.3. The van der Waals surface area contributed by atoms with Gasteiger partial charge in [-0.25, -0.2) is 9.78 Å². The lowest BCUT2D eigenvalue weighted by atomic mass is 10.1. The van der Waals surface area contributed by atoms with Gasteiger partial charge in [0.1, 0.15) is 24.3 Å². The van der Waals surface area contributed by atoms with Gasteiger partial charge in [0.05, 0.1) is 28.6 Å². The fraction of sp³-hybridized carbons (Fsp3) is 0.263. The predicted octanol–water partition coefficient (Wildman–Crippen LogP) is 3.50. The van der Waals surface area contributed by atoms with Gasteiger partial charge in [-0.15, -0.1) is 11.3 Å². The van der Waals surface area contributed by atoms with Crippen molar-refractivity contribution >= 4 is 28.7 Å². The quantitative estimate of drug-likeness (QED) is 0.342. The number of anilines is 1. The minimum Gasteiger partial charge on any atom is -0.455 e. The highest BCUT2D eigenvalue weighted by atomic mass is 32.1. The molecule has 2 aromatic heterocycles. The molecule has 3 aromatic rings. The van der Waals surface area contributed by atoms with Crippen LogP contribution in [0.15, 0.2) is 46.4 Å². The van der Waals surface area contributed by atoms with Gasteiger partial charge >= 0.3 is 5.97 Å². The van der Waals surface area contributed by atoms with Crippen LogP contribution >= 0.6 is 11.3 Å². The Labute approximate surface area is 169 Å². The Balaban J connectivity index is 1.45. The second-order valence-corrected chi connectivity index (χ2v) is 7.21. The summed E-state index contributed by atoms with van der Waals surface area (Å²) in [5.41, 5.74) is 0.895. The molecule has 0 bridgehead atoms. The van der Waals surface area contributed by atoms with Crippen LogP contribution in [0.1, 0.15) is 16.1 Å². The number of hydrogen-bond donors (Lipinski definition) is 0. The van der Waals surface area contributed by atoms with Crippen molar-refractivity contribution in [3.05, 3.63) is 63.3 Å². The summed E-state index contributed by atoms with van der Waals surface area (Å²) in [4.78, 5) is 30.4. The van der Waals surface area contributed by atoms with Crippen molar-refractivity contribution in [2.45, 2.75) is 6.61 Å². The van der Waals surface area contributed by atoms with Gasteiger partial charge in [0.15, 0.2) is 0 Å². The normalized spacial score (nSPS) is 14.0. The zero-order chi connectivity index (χ0) is 20.2. The van der Waals surface area contributed by atoms with E-state index in [1.165, 1.54) is 29.7 Å². The maximum Gasteiger partial charge on any atom is 0.338 e. The van der Waals surface area contributed by atoms with Crippen LogP contribution in [0.5, 0.6) is 0 Å². The van der Waals surface area contributed by atoms with Crippen LogP contribution in [-0.2, 0) is 16.1 Å². The Morgan fingerprint density at radius 2 is 2.14 bits per heavy atom. The zero-order valence-corrected chi connectivity index (χ0v) is 16.1. The maximum atomic E-state index is 12.4. The monoisotopic (exact) mass is 415 g/mol. The van der Waals surface area contributed by atoms with Gasteiger partial charge in [-0.3, -0.25) is 10.1 Å². The van der Waals surface area contributed by atoms with Crippen LogP contribution in [0, 0.1) is 10.1 Å². The Bertz CT molecular complexity index is 1010. The molecule has 3 heterocycles. The number of hydrogen-bond acceptors (Lipinski definition) is 9. The van der Waals surface area contributed by atoms with Gasteiger partial charge in [-0.05, 0) is 23.6 Å². The molecular formula is C19H17N3O6S. The molecule has 0 aliphatic carbocycles. The topological polar surface area (TPSA) is 108 Å². The number of ether oxygens (including phenoxy) is 2. The van der Waals surface area contributed by atoms with Crippen molar-refractivity contribution < 1.29 is 23.6 Å². The molecule has 1 aliphatic heterocycles. The van der Waals surface area contributed by atoms with E-state index in [1.807, 2.05) is 22.4 Å². The van der Waals surface area contributed by atoms with Crippen LogP contribution in [0.4, 0.5) is 11.4 Å². The summed E-state index contributed by atoms with van der Waals surface area (Å²) in [6.45, 7) is 2.04. The molecule has 150 valence electrons. The number of benzene rings is 1. The number of oxazole rings is 1. The fourth-order valence-corrected chi connectivity index (χ4v) is 3.63. The molecule has 29 heavy (non-hydrogen) atoms. The summed E-state index contributed by atoms with van der Waals surface area (Å²) in [5.74, 6) is -0.209. The summed E-state index contributed by atoms with van der Waals surface area (Å²) in [6, 6.07) is 8.11. The highest BCUT2D eigenvalue weighted by Crippen LogP contribution is 2.30. The van der Waals surface area contributed by atoms with E-state index < -0.39 is 10.9 Å². The van der Waals surface area contributed by atoms with Gasteiger partial charge in [0, 0.05) is 19.2 Å².